The van der Waals surface area contributed by atoms with Gasteiger partial charge in [0.1, 0.15) is 5.82 Å². The first-order valence-corrected chi connectivity index (χ1v) is 6.50. The molecule has 0 unspecified atom stereocenters. The lowest BCUT2D eigenvalue weighted by atomic mass is 9.87. The van der Waals surface area contributed by atoms with Crippen LogP contribution in [0.15, 0.2) is 24.3 Å². The quantitative estimate of drug-likeness (QED) is 0.906. The number of nitrogens with two attached hydrogens (primary N) is 1. The summed E-state index contributed by atoms with van der Waals surface area (Å²) in [6, 6.07) is 6.71. The number of benzene rings is 1. The van der Waals surface area contributed by atoms with Crippen molar-refractivity contribution in [3.8, 4) is 0 Å². The van der Waals surface area contributed by atoms with Crippen molar-refractivity contribution in [1.82, 2.24) is 4.57 Å². The van der Waals surface area contributed by atoms with E-state index in [0.29, 0.717) is 0 Å². The largest absolute Gasteiger partial charge is 0.369 e. The van der Waals surface area contributed by atoms with Crippen LogP contribution in [0.5, 0.6) is 0 Å². The normalized spacial score (nSPS) is 18.5. The van der Waals surface area contributed by atoms with E-state index < -0.39 is 5.41 Å². The molecule has 0 aliphatic heterocycles. The molecule has 1 aliphatic rings. The van der Waals surface area contributed by atoms with Gasteiger partial charge in [-0.3, -0.25) is 4.79 Å². The van der Waals surface area contributed by atoms with Crippen LogP contribution in [0, 0.1) is 11.2 Å². The summed E-state index contributed by atoms with van der Waals surface area (Å²) < 4.78 is 15.3. The maximum Gasteiger partial charge on any atom is 0.224 e. The molecule has 2 N–H and O–H groups in total. The first-order chi connectivity index (χ1) is 8.95. The van der Waals surface area contributed by atoms with Gasteiger partial charge in [-0.25, -0.2) is 4.39 Å². The summed E-state index contributed by atoms with van der Waals surface area (Å²) in [5.41, 5.74) is 7.14. The molecule has 1 fully saturated rings. The SMILES string of the molecule is C[C@H](c1cc2cc(F)ccc2n1C)C1(C(N)=O)CC1. The molecular formula is C15H17FN2O. The number of halogens is 1. The smallest absolute Gasteiger partial charge is 0.224 e. The van der Waals surface area contributed by atoms with Gasteiger partial charge in [-0.2, -0.15) is 0 Å². The number of hydrogen-bond donors (Lipinski definition) is 1. The van der Waals surface area contributed by atoms with Gasteiger partial charge in [-0.05, 0) is 37.1 Å². The van der Waals surface area contributed by atoms with E-state index in [4.69, 9.17) is 5.73 Å². The van der Waals surface area contributed by atoms with Crippen LogP contribution in [-0.4, -0.2) is 10.5 Å². The highest BCUT2D eigenvalue weighted by Crippen LogP contribution is 2.56. The Morgan fingerprint density at radius 3 is 2.68 bits per heavy atom. The highest BCUT2D eigenvalue weighted by atomic mass is 19.1. The number of aryl methyl sites for hydroxylation is 1. The maximum absolute atomic E-state index is 13.3. The highest BCUT2D eigenvalue weighted by Gasteiger charge is 2.53. The van der Waals surface area contributed by atoms with Gasteiger partial charge < -0.3 is 10.3 Å². The van der Waals surface area contributed by atoms with Crippen LogP contribution < -0.4 is 5.73 Å². The standard InChI is InChI=1S/C15H17FN2O/c1-9(15(5-6-15)14(17)19)13-8-10-7-11(16)3-4-12(10)18(13)2/h3-4,7-9H,5-6H2,1-2H3,(H2,17,19)/t9-/m1/s1. The van der Waals surface area contributed by atoms with E-state index in [-0.39, 0.29) is 17.6 Å². The van der Waals surface area contributed by atoms with Crippen LogP contribution >= 0.6 is 0 Å². The lowest BCUT2D eigenvalue weighted by Gasteiger charge is -2.21. The van der Waals surface area contributed by atoms with Crippen molar-refractivity contribution in [2.75, 3.05) is 0 Å². The van der Waals surface area contributed by atoms with Crippen LogP contribution in [0.2, 0.25) is 0 Å². The Hall–Kier alpha value is -1.84. The molecule has 1 saturated carbocycles. The van der Waals surface area contributed by atoms with Crippen molar-refractivity contribution >= 4 is 16.8 Å². The zero-order chi connectivity index (χ0) is 13.8. The number of aromatic nitrogens is 1. The fraction of sp³-hybridized carbons (Fsp3) is 0.400. The molecule has 1 amide bonds. The number of nitrogens with zero attached hydrogens (tertiary/aromatic N) is 1. The first-order valence-electron chi connectivity index (χ1n) is 6.50. The van der Waals surface area contributed by atoms with Crippen molar-refractivity contribution in [3.05, 3.63) is 35.8 Å². The van der Waals surface area contributed by atoms with Gasteiger partial charge in [0, 0.05) is 29.6 Å². The minimum Gasteiger partial charge on any atom is -0.369 e. The molecule has 0 spiro atoms. The number of primary amides is 1. The zero-order valence-corrected chi connectivity index (χ0v) is 11.1. The second-order valence-corrected chi connectivity index (χ2v) is 5.57. The van der Waals surface area contributed by atoms with Crippen molar-refractivity contribution in [3.63, 3.8) is 0 Å². The molecule has 0 bridgehead atoms. The zero-order valence-electron chi connectivity index (χ0n) is 11.1. The molecule has 1 heterocycles. The number of carbonyl (C=O) groups is 1. The van der Waals surface area contributed by atoms with Crippen LogP contribution in [0.25, 0.3) is 10.9 Å². The van der Waals surface area contributed by atoms with Crippen LogP contribution in [0.3, 0.4) is 0 Å². The molecule has 1 aromatic heterocycles. The van der Waals surface area contributed by atoms with Gasteiger partial charge in [0.2, 0.25) is 5.91 Å². The Kier molecular flexibility index (Phi) is 2.46. The first kappa shape index (κ1) is 12.2. The highest BCUT2D eigenvalue weighted by molar-refractivity contribution is 5.86. The van der Waals surface area contributed by atoms with E-state index in [1.807, 2.05) is 24.6 Å². The Morgan fingerprint density at radius 1 is 1.42 bits per heavy atom. The van der Waals surface area contributed by atoms with Gasteiger partial charge in [-0.1, -0.05) is 6.92 Å². The van der Waals surface area contributed by atoms with Crippen molar-refractivity contribution < 1.29 is 9.18 Å². The summed E-state index contributed by atoms with van der Waals surface area (Å²) in [5, 5.41) is 0.865. The van der Waals surface area contributed by atoms with Crippen molar-refractivity contribution in [2.45, 2.75) is 25.7 Å². The lowest BCUT2D eigenvalue weighted by Crippen LogP contribution is -2.30. The Balaban J connectivity index is 2.11. The van der Waals surface area contributed by atoms with Crippen molar-refractivity contribution in [1.29, 1.82) is 0 Å². The Labute approximate surface area is 111 Å². The molecule has 1 aromatic carbocycles. The summed E-state index contributed by atoms with van der Waals surface area (Å²) in [6.07, 6.45) is 1.69. The van der Waals surface area contributed by atoms with Gasteiger partial charge >= 0.3 is 0 Å². The van der Waals surface area contributed by atoms with Gasteiger partial charge in [0.05, 0.1) is 5.41 Å². The number of amides is 1. The minimum atomic E-state index is -0.402. The molecule has 1 atom stereocenters. The molecule has 1 aliphatic carbocycles. The monoisotopic (exact) mass is 260 g/mol. The molecular weight excluding hydrogens is 243 g/mol. The molecule has 4 heteroatoms. The van der Waals surface area contributed by atoms with E-state index in [1.165, 1.54) is 12.1 Å². The third-order valence-corrected chi connectivity index (χ3v) is 4.59. The van der Waals surface area contributed by atoms with E-state index >= 15 is 0 Å². The summed E-state index contributed by atoms with van der Waals surface area (Å²) in [6.45, 7) is 2.03. The van der Waals surface area contributed by atoms with Gasteiger partial charge in [0.25, 0.3) is 0 Å². The predicted octanol–water partition coefficient (Wildman–Crippen LogP) is 2.69. The van der Waals surface area contributed by atoms with E-state index in [2.05, 4.69) is 0 Å². The number of carbonyl (C=O) groups excluding carboxylic acids is 1. The van der Waals surface area contributed by atoms with Crippen LogP contribution in [-0.2, 0) is 11.8 Å². The average Bonchev–Trinajstić information content (AvgIpc) is 3.10. The predicted molar refractivity (Wildman–Crippen MR) is 72.2 cm³/mol. The fourth-order valence-corrected chi connectivity index (χ4v) is 3.07. The third-order valence-electron chi connectivity index (χ3n) is 4.59. The molecule has 19 heavy (non-hydrogen) atoms. The van der Waals surface area contributed by atoms with E-state index in [1.54, 1.807) is 6.07 Å². The maximum atomic E-state index is 13.3. The Morgan fingerprint density at radius 2 is 2.11 bits per heavy atom. The van der Waals surface area contributed by atoms with Gasteiger partial charge in [0.15, 0.2) is 0 Å². The third kappa shape index (κ3) is 1.66. The molecule has 0 saturated heterocycles. The van der Waals surface area contributed by atoms with Crippen LogP contribution in [0.1, 0.15) is 31.4 Å². The summed E-state index contributed by atoms with van der Waals surface area (Å²) >= 11 is 0. The summed E-state index contributed by atoms with van der Waals surface area (Å²) in [7, 11) is 1.95. The second-order valence-electron chi connectivity index (χ2n) is 5.57. The number of rotatable bonds is 3. The molecule has 2 aromatic rings. The number of fused-ring (bicyclic) bond motifs is 1. The lowest BCUT2D eigenvalue weighted by molar-refractivity contribution is -0.123. The second kappa shape index (κ2) is 3.83. The summed E-state index contributed by atoms with van der Waals surface area (Å²) in [5.74, 6) is -0.407. The molecule has 3 rings (SSSR count). The molecule has 100 valence electrons. The molecule has 0 radical (unpaired) electrons. The fourth-order valence-electron chi connectivity index (χ4n) is 3.07. The van der Waals surface area contributed by atoms with Crippen LogP contribution in [0.4, 0.5) is 4.39 Å². The average molecular weight is 260 g/mol. The topological polar surface area (TPSA) is 48.0 Å². The minimum absolute atomic E-state index is 0.0606. The molecule has 3 nitrogen and oxygen atoms in total. The summed E-state index contributed by atoms with van der Waals surface area (Å²) in [4.78, 5) is 11.6. The van der Waals surface area contributed by atoms with E-state index in [0.717, 1.165) is 29.4 Å². The van der Waals surface area contributed by atoms with Crippen molar-refractivity contribution in [2.24, 2.45) is 18.2 Å². The number of hydrogen-bond acceptors (Lipinski definition) is 1. The van der Waals surface area contributed by atoms with Gasteiger partial charge in [-0.15, -0.1) is 0 Å². The van der Waals surface area contributed by atoms with E-state index in [9.17, 15) is 9.18 Å². The Bertz CT molecular complexity index is 670.